The van der Waals surface area contributed by atoms with Crippen LogP contribution in [-0.2, 0) is 0 Å². The van der Waals surface area contributed by atoms with Crippen molar-refractivity contribution in [1.82, 2.24) is 9.97 Å². The predicted octanol–water partition coefficient (Wildman–Crippen LogP) is 2.39. The van der Waals surface area contributed by atoms with Crippen molar-refractivity contribution in [2.75, 3.05) is 0 Å². The van der Waals surface area contributed by atoms with Crippen LogP contribution in [0.3, 0.4) is 0 Å². The molecule has 1 aromatic carbocycles. The number of benzene rings is 1. The number of nitrogens with zero attached hydrogens (tertiary/aromatic N) is 1. The molecule has 0 bridgehead atoms. The number of aromatic amines is 1. The van der Waals surface area contributed by atoms with Crippen molar-refractivity contribution in [2.45, 2.75) is 13.8 Å². The van der Waals surface area contributed by atoms with Crippen LogP contribution in [0.4, 0.5) is 0 Å². The number of rotatable bonds is 2. The molecule has 0 spiro atoms. The van der Waals surface area contributed by atoms with E-state index in [1.54, 1.807) is 6.92 Å². The van der Waals surface area contributed by atoms with E-state index in [4.69, 9.17) is 5.11 Å². The standard InChI is InChI=1S/C12H12N2O2/c1-7-5-3-4-6-9(7)10-11(12(15)16)14-8(2)13-10/h3-6H,1-2H3,(H,13,14)(H,15,16). The van der Waals surface area contributed by atoms with Crippen LogP contribution in [0.5, 0.6) is 0 Å². The Labute approximate surface area is 93.0 Å². The number of carboxylic acids is 1. The summed E-state index contributed by atoms with van der Waals surface area (Å²) in [5.41, 5.74) is 2.51. The molecular weight excluding hydrogens is 204 g/mol. The summed E-state index contributed by atoms with van der Waals surface area (Å²) in [5.74, 6) is -0.380. The number of carbonyl (C=O) groups is 1. The molecule has 0 aliphatic heterocycles. The number of H-pyrrole nitrogens is 1. The van der Waals surface area contributed by atoms with Crippen LogP contribution in [0.15, 0.2) is 24.3 Å². The fourth-order valence-corrected chi connectivity index (χ4v) is 1.68. The van der Waals surface area contributed by atoms with E-state index in [2.05, 4.69) is 9.97 Å². The van der Waals surface area contributed by atoms with Gasteiger partial charge in [-0.05, 0) is 19.4 Å². The number of hydrogen-bond acceptors (Lipinski definition) is 2. The SMILES string of the molecule is Cc1nc(-c2ccccc2C)c(C(=O)O)[nH]1. The molecule has 0 aliphatic carbocycles. The molecule has 0 atom stereocenters. The molecule has 2 aromatic rings. The molecule has 1 aromatic heterocycles. The highest BCUT2D eigenvalue weighted by atomic mass is 16.4. The maximum absolute atomic E-state index is 11.0. The van der Waals surface area contributed by atoms with Gasteiger partial charge in [0, 0.05) is 5.56 Å². The number of aromatic nitrogens is 2. The minimum Gasteiger partial charge on any atom is -0.477 e. The second-order valence-corrected chi connectivity index (χ2v) is 3.67. The Morgan fingerprint density at radius 1 is 1.31 bits per heavy atom. The van der Waals surface area contributed by atoms with Gasteiger partial charge in [-0.2, -0.15) is 0 Å². The Hall–Kier alpha value is -2.10. The summed E-state index contributed by atoms with van der Waals surface area (Å²) in [7, 11) is 0. The van der Waals surface area contributed by atoms with Crippen LogP contribution in [0.25, 0.3) is 11.3 Å². The van der Waals surface area contributed by atoms with E-state index >= 15 is 0 Å². The van der Waals surface area contributed by atoms with Gasteiger partial charge in [-0.1, -0.05) is 24.3 Å². The van der Waals surface area contributed by atoms with Gasteiger partial charge in [0.1, 0.15) is 11.5 Å². The number of carboxylic acid groups (broad SMARTS) is 1. The lowest BCUT2D eigenvalue weighted by Crippen LogP contribution is -1.99. The average Bonchev–Trinajstić information content (AvgIpc) is 2.61. The van der Waals surface area contributed by atoms with Gasteiger partial charge in [-0.25, -0.2) is 9.78 Å². The van der Waals surface area contributed by atoms with Gasteiger partial charge in [0.05, 0.1) is 0 Å². The van der Waals surface area contributed by atoms with Crippen molar-refractivity contribution in [3.63, 3.8) is 0 Å². The Balaban J connectivity index is 2.64. The second kappa shape index (κ2) is 3.81. The number of hydrogen-bond donors (Lipinski definition) is 2. The summed E-state index contributed by atoms with van der Waals surface area (Å²) in [6.45, 7) is 3.68. The molecule has 4 nitrogen and oxygen atoms in total. The lowest BCUT2D eigenvalue weighted by molar-refractivity contribution is 0.0692. The van der Waals surface area contributed by atoms with E-state index in [-0.39, 0.29) is 5.69 Å². The molecule has 0 saturated carbocycles. The van der Waals surface area contributed by atoms with Crippen LogP contribution >= 0.6 is 0 Å². The Morgan fingerprint density at radius 3 is 2.62 bits per heavy atom. The normalized spacial score (nSPS) is 10.4. The molecule has 1 heterocycles. The van der Waals surface area contributed by atoms with E-state index in [9.17, 15) is 4.79 Å². The van der Waals surface area contributed by atoms with Gasteiger partial charge >= 0.3 is 5.97 Å². The molecule has 82 valence electrons. The van der Waals surface area contributed by atoms with E-state index in [1.807, 2.05) is 31.2 Å². The molecule has 0 fully saturated rings. The van der Waals surface area contributed by atoms with E-state index in [1.165, 1.54) is 0 Å². The Morgan fingerprint density at radius 2 is 2.00 bits per heavy atom. The lowest BCUT2D eigenvalue weighted by atomic mass is 10.0. The second-order valence-electron chi connectivity index (χ2n) is 3.67. The smallest absolute Gasteiger partial charge is 0.354 e. The van der Waals surface area contributed by atoms with Crippen LogP contribution in [-0.4, -0.2) is 21.0 Å². The molecule has 0 aliphatic rings. The van der Waals surface area contributed by atoms with E-state index in [0.717, 1.165) is 11.1 Å². The van der Waals surface area contributed by atoms with Gasteiger partial charge in [-0.15, -0.1) is 0 Å². The zero-order chi connectivity index (χ0) is 11.7. The largest absolute Gasteiger partial charge is 0.477 e. The zero-order valence-corrected chi connectivity index (χ0v) is 9.11. The summed E-state index contributed by atoms with van der Waals surface area (Å²) < 4.78 is 0. The predicted molar refractivity (Wildman–Crippen MR) is 60.5 cm³/mol. The summed E-state index contributed by atoms with van der Waals surface area (Å²) in [6, 6.07) is 7.60. The van der Waals surface area contributed by atoms with Gasteiger partial charge in [0.15, 0.2) is 5.69 Å². The third kappa shape index (κ3) is 1.69. The Bertz CT molecular complexity index is 544. The third-order valence-corrected chi connectivity index (χ3v) is 2.44. The highest BCUT2D eigenvalue weighted by Crippen LogP contribution is 2.24. The maximum atomic E-state index is 11.0. The van der Waals surface area contributed by atoms with Crippen molar-refractivity contribution in [3.8, 4) is 11.3 Å². The molecule has 0 amide bonds. The number of nitrogens with one attached hydrogen (secondary N) is 1. The first-order valence-electron chi connectivity index (χ1n) is 4.95. The molecule has 4 heteroatoms. The highest BCUT2D eigenvalue weighted by molar-refractivity contribution is 5.93. The first-order valence-corrected chi connectivity index (χ1v) is 4.95. The average molecular weight is 216 g/mol. The van der Waals surface area contributed by atoms with Crippen LogP contribution in [0.2, 0.25) is 0 Å². The topological polar surface area (TPSA) is 66.0 Å². The number of imidazole rings is 1. The number of aryl methyl sites for hydroxylation is 2. The van der Waals surface area contributed by atoms with E-state index < -0.39 is 5.97 Å². The van der Waals surface area contributed by atoms with Crippen molar-refractivity contribution >= 4 is 5.97 Å². The third-order valence-electron chi connectivity index (χ3n) is 2.44. The minimum absolute atomic E-state index is 0.145. The fraction of sp³-hybridized carbons (Fsp3) is 0.167. The van der Waals surface area contributed by atoms with Crippen LogP contribution < -0.4 is 0 Å². The first kappa shape index (κ1) is 10.4. The minimum atomic E-state index is -0.987. The molecule has 2 N–H and O–H groups in total. The highest BCUT2D eigenvalue weighted by Gasteiger charge is 2.17. The molecule has 2 rings (SSSR count). The van der Waals surface area contributed by atoms with Crippen LogP contribution in [0.1, 0.15) is 21.9 Å². The molecule has 16 heavy (non-hydrogen) atoms. The number of aromatic carboxylic acids is 1. The van der Waals surface area contributed by atoms with Crippen molar-refractivity contribution in [2.24, 2.45) is 0 Å². The van der Waals surface area contributed by atoms with Gasteiger partial charge in [-0.3, -0.25) is 0 Å². The molecule has 0 saturated heterocycles. The quantitative estimate of drug-likeness (QED) is 0.810. The summed E-state index contributed by atoms with van der Waals surface area (Å²) in [6.07, 6.45) is 0. The molecular formula is C12H12N2O2. The van der Waals surface area contributed by atoms with Gasteiger partial charge in [0.25, 0.3) is 0 Å². The Kier molecular flexibility index (Phi) is 2.48. The maximum Gasteiger partial charge on any atom is 0.354 e. The summed E-state index contributed by atoms with van der Waals surface area (Å²) >= 11 is 0. The summed E-state index contributed by atoms with van der Waals surface area (Å²) in [5, 5.41) is 9.06. The molecule has 0 radical (unpaired) electrons. The molecule has 0 unspecified atom stereocenters. The van der Waals surface area contributed by atoms with Crippen molar-refractivity contribution in [3.05, 3.63) is 41.3 Å². The van der Waals surface area contributed by atoms with Crippen molar-refractivity contribution in [1.29, 1.82) is 0 Å². The van der Waals surface area contributed by atoms with Crippen molar-refractivity contribution < 1.29 is 9.90 Å². The van der Waals surface area contributed by atoms with Gasteiger partial charge < -0.3 is 10.1 Å². The monoisotopic (exact) mass is 216 g/mol. The fourth-order valence-electron chi connectivity index (χ4n) is 1.68. The van der Waals surface area contributed by atoms with Gasteiger partial charge in [0.2, 0.25) is 0 Å². The van der Waals surface area contributed by atoms with E-state index in [0.29, 0.717) is 11.5 Å². The van der Waals surface area contributed by atoms with Crippen LogP contribution in [0, 0.1) is 13.8 Å². The first-order chi connectivity index (χ1) is 7.59. The summed E-state index contributed by atoms with van der Waals surface area (Å²) in [4.78, 5) is 18.0. The lowest BCUT2D eigenvalue weighted by Gasteiger charge is -2.02. The zero-order valence-electron chi connectivity index (χ0n) is 9.11.